The lowest BCUT2D eigenvalue weighted by molar-refractivity contribution is 0.542. The highest BCUT2D eigenvalue weighted by Gasteiger charge is 2.20. The fourth-order valence-corrected chi connectivity index (χ4v) is 4.56. The van der Waals surface area contributed by atoms with Crippen LogP contribution in [0.2, 0.25) is 0 Å². The quantitative estimate of drug-likeness (QED) is 0.824. The molecule has 1 atom stereocenters. The van der Waals surface area contributed by atoms with Crippen molar-refractivity contribution in [2.24, 2.45) is 0 Å². The molecule has 0 radical (unpaired) electrons. The molecule has 3 N–H and O–H groups in total. The molecule has 18 heavy (non-hydrogen) atoms. The van der Waals surface area contributed by atoms with Crippen molar-refractivity contribution in [3.63, 3.8) is 0 Å². The first kappa shape index (κ1) is 13.7. The summed E-state index contributed by atoms with van der Waals surface area (Å²) in [5, 5.41) is 0. The number of nitrogen functional groups attached to an aromatic ring is 1. The van der Waals surface area contributed by atoms with Gasteiger partial charge in [0, 0.05) is 17.5 Å². The van der Waals surface area contributed by atoms with Gasteiger partial charge in [0.05, 0.1) is 5.75 Å². The van der Waals surface area contributed by atoms with Crippen molar-refractivity contribution >= 4 is 27.5 Å². The van der Waals surface area contributed by atoms with E-state index in [2.05, 4.69) is 4.72 Å². The molecule has 6 heteroatoms. The molecule has 1 unspecified atom stereocenters. The topological polar surface area (TPSA) is 72.2 Å². The van der Waals surface area contributed by atoms with E-state index in [0.29, 0.717) is 5.69 Å². The van der Waals surface area contributed by atoms with E-state index < -0.39 is 10.0 Å². The van der Waals surface area contributed by atoms with Gasteiger partial charge >= 0.3 is 0 Å². The lowest BCUT2D eigenvalue weighted by Crippen LogP contribution is -2.38. The Bertz CT molecular complexity index is 479. The highest BCUT2D eigenvalue weighted by Crippen LogP contribution is 2.18. The Hall–Kier alpha value is -0.720. The number of hydrogen-bond donors (Lipinski definition) is 2. The summed E-state index contributed by atoms with van der Waals surface area (Å²) in [6, 6.07) is 7.04. The number of sulfonamides is 1. The van der Waals surface area contributed by atoms with Gasteiger partial charge in [-0.1, -0.05) is 12.1 Å². The van der Waals surface area contributed by atoms with Crippen molar-refractivity contribution in [1.29, 1.82) is 0 Å². The van der Waals surface area contributed by atoms with E-state index in [4.69, 9.17) is 5.73 Å². The van der Waals surface area contributed by atoms with Gasteiger partial charge in [-0.2, -0.15) is 11.8 Å². The van der Waals surface area contributed by atoms with Gasteiger partial charge in [-0.05, 0) is 36.3 Å². The Morgan fingerprint density at radius 1 is 1.33 bits per heavy atom. The van der Waals surface area contributed by atoms with Crippen molar-refractivity contribution in [1.82, 2.24) is 4.72 Å². The highest BCUT2D eigenvalue weighted by molar-refractivity contribution is 7.99. The van der Waals surface area contributed by atoms with Gasteiger partial charge < -0.3 is 5.73 Å². The van der Waals surface area contributed by atoms with Gasteiger partial charge in [0.15, 0.2) is 0 Å². The Morgan fingerprint density at radius 2 is 2.06 bits per heavy atom. The fraction of sp³-hybridized carbons (Fsp3) is 0.500. The van der Waals surface area contributed by atoms with Gasteiger partial charge in [-0.25, -0.2) is 13.1 Å². The van der Waals surface area contributed by atoms with Gasteiger partial charge in [0.1, 0.15) is 0 Å². The smallest absolute Gasteiger partial charge is 0.216 e. The minimum atomic E-state index is -3.25. The van der Waals surface area contributed by atoms with E-state index in [-0.39, 0.29) is 11.8 Å². The molecule has 1 aromatic rings. The standard InChI is InChI=1S/C12H18N2O2S2/c13-11-5-3-10(4-6-11)9-18(15,16)14-12-2-1-7-17-8-12/h3-6,12,14H,1-2,7-9,13H2. The predicted molar refractivity (Wildman–Crippen MR) is 77.0 cm³/mol. The Labute approximate surface area is 112 Å². The first-order chi connectivity index (χ1) is 8.55. The van der Waals surface area contributed by atoms with E-state index in [1.807, 2.05) is 11.8 Å². The van der Waals surface area contributed by atoms with E-state index in [9.17, 15) is 8.42 Å². The predicted octanol–water partition coefficient (Wildman–Crippen LogP) is 1.58. The summed E-state index contributed by atoms with van der Waals surface area (Å²) in [5.74, 6) is 2.03. The first-order valence-electron chi connectivity index (χ1n) is 5.97. The average molecular weight is 286 g/mol. The molecule has 1 aromatic carbocycles. The van der Waals surface area contributed by atoms with Crippen LogP contribution in [-0.2, 0) is 15.8 Å². The van der Waals surface area contributed by atoms with Gasteiger partial charge in [0.2, 0.25) is 10.0 Å². The van der Waals surface area contributed by atoms with Crippen LogP contribution in [0.15, 0.2) is 24.3 Å². The molecule has 0 aromatic heterocycles. The SMILES string of the molecule is Nc1ccc(CS(=O)(=O)NC2CCCSC2)cc1. The number of thioether (sulfide) groups is 1. The lowest BCUT2D eigenvalue weighted by atomic mass is 10.2. The van der Waals surface area contributed by atoms with Crippen molar-refractivity contribution in [2.75, 3.05) is 17.2 Å². The molecule has 1 aliphatic heterocycles. The van der Waals surface area contributed by atoms with Gasteiger partial charge in [-0.15, -0.1) is 0 Å². The number of nitrogens with two attached hydrogens (primary N) is 1. The zero-order chi connectivity index (χ0) is 13.0. The molecule has 1 fully saturated rings. The molecule has 100 valence electrons. The van der Waals surface area contributed by atoms with Gasteiger partial charge in [-0.3, -0.25) is 0 Å². The number of anilines is 1. The van der Waals surface area contributed by atoms with Crippen molar-refractivity contribution in [2.45, 2.75) is 24.6 Å². The maximum atomic E-state index is 12.0. The second kappa shape index (κ2) is 5.95. The molecule has 1 heterocycles. The largest absolute Gasteiger partial charge is 0.399 e. The van der Waals surface area contributed by atoms with Crippen LogP contribution in [0.5, 0.6) is 0 Å². The second-order valence-corrected chi connectivity index (χ2v) is 7.44. The maximum Gasteiger partial charge on any atom is 0.216 e. The van der Waals surface area contributed by atoms with E-state index >= 15 is 0 Å². The molecule has 0 bridgehead atoms. The molecular formula is C12H18N2O2S2. The monoisotopic (exact) mass is 286 g/mol. The van der Waals surface area contributed by atoms with Crippen LogP contribution in [0.1, 0.15) is 18.4 Å². The third kappa shape index (κ3) is 4.19. The third-order valence-electron chi connectivity index (χ3n) is 2.84. The summed E-state index contributed by atoms with van der Waals surface area (Å²) in [6.07, 6.45) is 2.02. The molecular weight excluding hydrogens is 268 g/mol. The summed E-state index contributed by atoms with van der Waals surface area (Å²) >= 11 is 1.81. The number of rotatable bonds is 4. The van der Waals surface area contributed by atoms with Crippen molar-refractivity contribution in [3.8, 4) is 0 Å². The van der Waals surface area contributed by atoms with Gasteiger partial charge in [0.25, 0.3) is 0 Å². The summed E-state index contributed by atoms with van der Waals surface area (Å²) in [7, 11) is -3.25. The zero-order valence-electron chi connectivity index (χ0n) is 10.1. The van der Waals surface area contributed by atoms with Crippen molar-refractivity contribution < 1.29 is 8.42 Å². The average Bonchev–Trinajstić information content (AvgIpc) is 2.32. The van der Waals surface area contributed by atoms with Crippen LogP contribution in [0.3, 0.4) is 0 Å². The fourth-order valence-electron chi connectivity index (χ4n) is 1.96. The van der Waals surface area contributed by atoms with E-state index in [1.165, 1.54) is 0 Å². The number of hydrogen-bond acceptors (Lipinski definition) is 4. The summed E-state index contributed by atoms with van der Waals surface area (Å²) < 4.78 is 26.8. The van der Waals surface area contributed by atoms with E-state index in [0.717, 1.165) is 29.9 Å². The van der Waals surface area contributed by atoms with Crippen LogP contribution in [0.25, 0.3) is 0 Å². The second-order valence-electron chi connectivity index (χ2n) is 4.53. The molecule has 0 amide bonds. The molecule has 2 rings (SSSR count). The summed E-state index contributed by atoms with van der Waals surface area (Å²) in [5.41, 5.74) is 6.98. The molecule has 0 spiro atoms. The van der Waals surface area contributed by atoms with Crippen molar-refractivity contribution in [3.05, 3.63) is 29.8 Å². The van der Waals surface area contributed by atoms with Crippen LogP contribution < -0.4 is 10.5 Å². The third-order valence-corrected chi connectivity index (χ3v) is 5.46. The maximum absolute atomic E-state index is 12.0. The normalized spacial score (nSPS) is 20.8. The Kier molecular flexibility index (Phi) is 4.53. The van der Waals surface area contributed by atoms with Crippen LogP contribution >= 0.6 is 11.8 Å². The zero-order valence-corrected chi connectivity index (χ0v) is 11.8. The summed E-state index contributed by atoms with van der Waals surface area (Å²) in [4.78, 5) is 0. The molecule has 4 nitrogen and oxygen atoms in total. The number of benzene rings is 1. The molecule has 0 saturated carbocycles. The van der Waals surface area contributed by atoms with Crippen LogP contribution in [0, 0.1) is 0 Å². The minimum Gasteiger partial charge on any atom is -0.399 e. The Morgan fingerprint density at radius 3 is 2.67 bits per heavy atom. The first-order valence-corrected chi connectivity index (χ1v) is 8.78. The Balaban J connectivity index is 1.96. The molecule has 1 aliphatic rings. The minimum absolute atomic E-state index is 0.0223. The highest BCUT2D eigenvalue weighted by atomic mass is 32.2. The molecule has 1 saturated heterocycles. The number of nitrogens with one attached hydrogen (secondary N) is 1. The van der Waals surface area contributed by atoms with Crippen LogP contribution in [-0.4, -0.2) is 26.0 Å². The van der Waals surface area contributed by atoms with E-state index in [1.54, 1.807) is 24.3 Å². The van der Waals surface area contributed by atoms with Crippen LogP contribution in [0.4, 0.5) is 5.69 Å². The lowest BCUT2D eigenvalue weighted by Gasteiger charge is -2.22. The molecule has 0 aliphatic carbocycles. The summed E-state index contributed by atoms with van der Waals surface area (Å²) in [6.45, 7) is 0.